The van der Waals surface area contributed by atoms with E-state index in [1.807, 2.05) is 13.8 Å². The molecule has 0 aromatic heterocycles. The summed E-state index contributed by atoms with van der Waals surface area (Å²) in [5.74, 6) is -2.71. The Kier molecular flexibility index (Phi) is 8.51. The molecule has 206 valence electrons. The third-order valence-corrected chi connectivity index (χ3v) is 7.45. The number of hydrogen-bond donors (Lipinski definition) is 8. The molecule has 8 N–H and O–H groups in total. The van der Waals surface area contributed by atoms with Crippen LogP contribution in [0.4, 0.5) is 0 Å². The molecule has 0 aromatic carbocycles. The summed E-state index contributed by atoms with van der Waals surface area (Å²) in [4.78, 5) is 11.6. The van der Waals surface area contributed by atoms with E-state index in [0.29, 0.717) is 11.1 Å². The fourth-order valence-corrected chi connectivity index (χ4v) is 5.37. The topological polar surface area (TPSA) is 207 Å². The highest BCUT2D eigenvalue weighted by atomic mass is 16.8. The van der Waals surface area contributed by atoms with E-state index in [1.54, 1.807) is 13.0 Å². The number of aliphatic hydroxyl groups is 8. The Hall–Kier alpha value is -1.29. The first kappa shape index (κ1) is 29.3. The predicted molar refractivity (Wildman–Crippen MR) is 122 cm³/mol. The van der Waals surface area contributed by atoms with E-state index in [1.165, 1.54) is 13.0 Å². The molecule has 1 aliphatic carbocycles. The van der Waals surface area contributed by atoms with Crippen molar-refractivity contribution in [3.05, 3.63) is 23.3 Å². The fraction of sp³-hybridized carbons (Fsp3) is 0.792. The maximum Gasteiger partial charge on any atom is 0.228 e. The lowest BCUT2D eigenvalue weighted by Gasteiger charge is -2.53. The van der Waals surface area contributed by atoms with Crippen LogP contribution < -0.4 is 0 Å². The van der Waals surface area contributed by atoms with E-state index < -0.39 is 85.5 Å². The van der Waals surface area contributed by atoms with Crippen LogP contribution in [0.15, 0.2) is 23.3 Å². The van der Waals surface area contributed by atoms with Crippen molar-refractivity contribution in [1.82, 2.24) is 0 Å². The molecular weight excluding hydrogens is 480 g/mol. The lowest BCUT2D eigenvalue weighted by atomic mass is 9.70. The van der Waals surface area contributed by atoms with Gasteiger partial charge in [0.25, 0.3) is 0 Å². The molecule has 10 atom stereocenters. The number of rotatable bonds is 7. The molecule has 2 aliphatic heterocycles. The van der Waals surface area contributed by atoms with Crippen molar-refractivity contribution < 1.29 is 59.9 Å². The van der Waals surface area contributed by atoms with Gasteiger partial charge >= 0.3 is 0 Å². The van der Waals surface area contributed by atoms with Crippen LogP contribution in [-0.4, -0.2) is 127 Å². The van der Waals surface area contributed by atoms with E-state index in [0.717, 1.165) is 0 Å². The largest absolute Gasteiger partial charge is 0.394 e. The maximum absolute atomic E-state index is 11.6. The van der Waals surface area contributed by atoms with Crippen LogP contribution in [0, 0.1) is 5.41 Å². The Morgan fingerprint density at radius 3 is 2.28 bits per heavy atom. The van der Waals surface area contributed by atoms with Gasteiger partial charge in [-0.15, -0.1) is 0 Å². The van der Waals surface area contributed by atoms with Gasteiger partial charge in [-0.3, -0.25) is 4.79 Å². The summed E-state index contributed by atoms with van der Waals surface area (Å²) >= 11 is 0. The molecule has 2 heterocycles. The van der Waals surface area contributed by atoms with Crippen molar-refractivity contribution in [2.75, 3.05) is 19.8 Å². The van der Waals surface area contributed by atoms with E-state index >= 15 is 0 Å². The predicted octanol–water partition coefficient (Wildman–Crippen LogP) is -2.72. The normalized spacial score (nSPS) is 45.4. The van der Waals surface area contributed by atoms with Gasteiger partial charge in [0.05, 0.1) is 25.9 Å². The van der Waals surface area contributed by atoms with Gasteiger partial charge in [0.1, 0.15) is 48.3 Å². The number of aliphatic hydroxyl groups excluding tert-OH is 7. The smallest absolute Gasteiger partial charge is 0.228 e. The Balaban J connectivity index is 2.14. The molecule has 0 saturated carbocycles. The number of allylic oxidation sites excluding steroid dienone is 3. The van der Waals surface area contributed by atoms with Gasteiger partial charge in [-0.05, 0) is 42.9 Å². The van der Waals surface area contributed by atoms with E-state index in [2.05, 4.69) is 0 Å². The second-order valence-electron chi connectivity index (χ2n) is 10.7. The van der Waals surface area contributed by atoms with Crippen LogP contribution in [0.2, 0.25) is 0 Å². The zero-order chi connectivity index (χ0) is 27.2. The van der Waals surface area contributed by atoms with Crippen molar-refractivity contribution in [3.8, 4) is 0 Å². The Morgan fingerprint density at radius 1 is 1.11 bits per heavy atom. The highest BCUT2D eigenvalue weighted by Crippen LogP contribution is 2.47. The molecule has 3 aliphatic rings. The highest BCUT2D eigenvalue weighted by Gasteiger charge is 2.67. The zero-order valence-corrected chi connectivity index (χ0v) is 20.8. The summed E-state index contributed by atoms with van der Waals surface area (Å²) in [6.45, 7) is 4.45. The molecule has 0 aromatic rings. The maximum atomic E-state index is 11.6. The van der Waals surface area contributed by atoms with Crippen LogP contribution in [0.25, 0.3) is 0 Å². The Morgan fingerprint density at radius 2 is 1.75 bits per heavy atom. The second kappa shape index (κ2) is 10.5. The first-order valence-electron chi connectivity index (χ1n) is 11.9. The Labute approximate surface area is 209 Å². The number of carbonyl (C=O) groups excluding carboxylic acids is 1. The molecule has 12 nitrogen and oxygen atoms in total. The van der Waals surface area contributed by atoms with Crippen LogP contribution in [0.5, 0.6) is 0 Å². The second-order valence-corrected chi connectivity index (χ2v) is 10.7. The number of hydrogen-bond acceptors (Lipinski definition) is 12. The lowest BCUT2D eigenvalue weighted by Crippen LogP contribution is -2.73. The molecule has 0 spiro atoms. The van der Waals surface area contributed by atoms with Crippen molar-refractivity contribution in [3.63, 3.8) is 0 Å². The van der Waals surface area contributed by atoms with Crippen molar-refractivity contribution in [2.24, 2.45) is 5.41 Å². The van der Waals surface area contributed by atoms with Crippen LogP contribution >= 0.6 is 0 Å². The van der Waals surface area contributed by atoms with Gasteiger partial charge in [0.15, 0.2) is 5.78 Å². The highest BCUT2D eigenvalue weighted by molar-refractivity contribution is 5.87. The molecule has 2 fully saturated rings. The summed E-state index contributed by atoms with van der Waals surface area (Å²) in [5, 5.41) is 83.9. The SMILES string of the molecule is CC(=O)/C=C/C1=C(C)[C@@H](O[C@@]2([C@H]3OC[C@@](O)(CO)[C@@H]3O)O[C@@H](CO)[C@H](O)[C@@H](O)[C@@H]2O)[C@H](O)CC1(C)C. The van der Waals surface area contributed by atoms with Gasteiger partial charge in [-0.25, -0.2) is 0 Å². The number of carbonyl (C=O) groups is 1. The summed E-state index contributed by atoms with van der Waals surface area (Å²) in [5.41, 5.74) is -1.63. The van der Waals surface area contributed by atoms with E-state index in [4.69, 9.17) is 14.2 Å². The molecule has 0 bridgehead atoms. The quantitative estimate of drug-likeness (QED) is 0.162. The summed E-state index contributed by atoms with van der Waals surface area (Å²) < 4.78 is 17.5. The lowest BCUT2D eigenvalue weighted by molar-refractivity contribution is -0.407. The molecule has 0 amide bonds. The van der Waals surface area contributed by atoms with Crippen molar-refractivity contribution in [1.29, 1.82) is 0 Å². The molecule has 0 radical (unpaired) electrons. The first-order chi connectivity index (χ1) is 16.6. The molecular formula is C24H38O12. The van der Waals surface area contributed by atoms with Gasteiger partial charge in [0.2, 0.25) is 5.79 Å². The third-order valence-electron chi connectivity index (χ3n) is 7.45. The summed E-state index contributed by atoms with van der Waals surface area (Å²) in [6.07, 6.45) is -10.1. The van der Waals surface area contributed by atoms with E-state index in [-0.39, 0.29) is 12.2 Å². The summed E-state index contributed by atoms with van der Waals surface area (Å²) in [7, 11) is 0. The van der Waals surface area contributed by atoms with Gasteiger partial charge in [-0.2, -0.15) is 0 Å². The Bertz CT molecular complexity index is 884. The minimum atomic E-state index is -2.51. The summed E-state index contributed by atoms with van der Waals surface area (Å²) in [6, 6.07) is 0. The molecule has 0 unspecified atom stereocenters. The molecule has 3 rings (SSSR count). The van der Waals surface area contributed by atoms with Gasteiger partial charge in [0, 0.05) is 0 Å². The minimum absolute atomic E-state index is 0.155. The third kappa shape index (κ3) is 4.93. The van der Waals surface area contributed by atoms with Gasteiger partial charge in [-0.1, -0.05) is 19.9 Å². The standard InChI is InChI=1S/C24H38O12/c1-11(27)5-6-13-12(2)18(14(28)7-22(13,3)4)36-24(21-20(32)23(33,9-26)10-34-21)19(31)17(30)16(29)15(8-25)35-24/h5-6,14-21,25-26,28-33H,7-10H2,1-4H3/b6-5+/t14-,15+,16+,17-,18-,19+,20-,21+,23+,24+/m1/s1. The van der Waals surface area contributed by atoms with Crippen LogP contribution in [0.1, 0.15) is 34.1 Å². The number of ketones is 1. The average Bonchev–Trinajstić information content (AvgIpc) is 3.11. The first-order valence-corrected chi connectivity index (χ1v) is 11.9. The zero-order valence-electron chi connectivity index (χ0n) is 20.8. The van der Waals surface area contributed by atoms with Gasteiger partial charge < -0.3 is 55.1 Å². The molecule has 2 saturated heterocycles. The molecule has 12 heteroatoms. The van der Waals surface area contributed by atoms with Crippen molar-refractivity contribution >= 4 is 5.78 Å². The van der Waals surface area contributed by atoms with E-state index in [9.17, 15) is 45.6 Å². The van der Waals surface area contributed by atoms with Crippen LogP contribution in [0.3, 0.4) is 0 Å². The monoisotopic (exact) mass is 518 g/mol. The number of ether oxygens (including phenoxy) is 3. The molecule has 36 heavy (non-hydrogen) atoms. The fourth-order valence-electron chi connectivity index (χ4n) is 5.37. The minimum Gasteiger partial charge on any atom is -0.394 e. The van der Waals surface area contributed by atoms with Crippen molar-refractivity contribution in [2.45, 2.75) is 94.3 Å². The van der Waals surface area contributed by atoms with Crippen LogP contribution in [-0.2, 0) is 19.0 Å². The average molecular weight is 519 g/mol.